The Labute approximate surface area is 238 Å². The number of carbonyl (C=O) groups is 4. The molecule has 0 radical (unpaired) electrons. The standard InChI is InChI=1S/C31H36N4O6/c1-18-8-7-11-23(27(18)37)26(28(38)33-21-13-12-19-9-5-6-10-20(19)16-21)35(22-14-15-22)29(39)24(17-25(32)36)34-30(40)41-31(2,3)4/h5-13,16,22,24,26,37H,14-15,17H2,1-4H3,(H2,32,36)(H,33,38)(H,34,40). The van der Waals surface area contributed by atoms with Crippen molar-refractivity contribution < 1.29 is 29.0 Å². The number of hydrogen-bond acceptors (Lipinski definition) is 6. The van der Waals surface area contributed by atoms with Crippen LogP contribution in [0.25, 0.3) is 10.8 Å². The SMILES string of the molecule is Cc1cccc(C(C(=O)Nc2ccc3ccccc3c2)N(C(=O)C(CC(N)=O)NC(=O)OC(C)(C)C)C2CC2)c1O. The minimum atomic E-state index is -1.38. The number of fused-ring (bicyclic) bond motifs is 1. The molecular weight excluding hydrogens is 524 g/mol. The van der Waals surface area contributed by atoms with E-state index in [-0.39, 0.29) is 17.4 Å². The maximum atomic E-state index is 14.1. The highest BCUT2D eigenvalue weighted by Gasteiger charge is 2.45. The summed E-state index contributed by atoms with van der Waals surface area (Å²) in [6, 6.07) is 15.1. The van der Waals surface area contributed by atoms with Gasteiger partial charge >= 0.3 is 6.09 Å². The molecule has 2 unspecified atom stereocenters. The molecule has 1 aliphatic carbocycles. The minimum Gasteiger partial charge on any atom is -0.507 e. The molecule has 0 saturated heterocycles. The highest BCUT2D eigenvalue weighted by molar-refractivity contribution is 6.01. The number of para-hydroxylation sites is 1. The number of amides is 4. The summed E-state index contributed by atoms with van der Waals surface area (Å²) in [5.41, 5.74) is 5.85. The van der Waals surface area contributed by atoms with Crippen LogP contribution in [0, 0.1) is 6.92 Å². The van der Waals surface area contributed by atoms with Crippen molar-refractivity contribution in [1.29, 1.82) is 0 Å². The second-order valence-corrected chi connectivity index (χ2v) is 11.3. The molecule has 3 aromatic rings. The summed E-state index contributed by atoms with van der Waals surface area (Å²) in [4.78, 5) is 54.0. The van der Waals surface area contributed by atoms with Gasteiger partial charge in [-0.05, 0) is 69.0 Å². The Bertz CT molecular complexity index is 1480. The predicted octanol–water partition coefficient (Wildman–Crippen LogP) is 4.29. The number of hydrogen-bond donors (Lipinski definition) is 4. The van der Waals surface area contributed by atoms with Gasteiger partial charge in [-0.3, -0.25) is 14.4 Å². The van der Waals surface area contributed by atoms with Crippen LogP contribution < -0.4 is 16.4 Å². The molecule has 1 saturated carbocycles. The average molecular weight is 561 g/mol. The Morgan fingerprint density at radius 2 is 1.71 bits per heavy atom. The van der Waals surface area contributed by atoms with Gasteiger partial charge in [0.15, 0.2) is 0 Å². The molecule has 10 nitrogen and oxygen atoms in total. The zero-order valence-corrected chi connectivity index (χ0v) is 23.6. The second kappa shape index (κ2) is 11.9. The van der Waals surface area contributed by atoms with Crippen LogP contribution in [-0.4, -0.2) is 51.5 Å². The van der Waals surface area contributed by atoms with Gasteiger partial charge in [0, 0.05) is 17.3 Å². The number of primary amides is 1. The zero-order valence-electron chi connectivity index (χ0n) is 23.6. The van der Waals surface area contributed by atoms with Crippen molar-refractivity contribution in [3.8, 4) is 5.75 Å². The van der Waals surface area contributed by atoms with E-state index in [0.29, 0.717) is 24.1 Å². The fraction of sp³-hybridized carbons (Fsp3) is 0.355. The molecule has 4 amide bonds. The molecule has 0 aromatic heterocycles. The van der Waals surface area contributed by atoms with Gasteiger partial charge in [-0.15, -0.1) is 0 Å². The van der Waals surface area contributed by atoms with Gasteiger partial charge in [0.05, 0.1) is 6.42 Å². The van der Waals surface area contributed by atoms with Gasteiger partial charge < -0.3 is 31.1 Å². The van der Waals surface area contributed by atoms with Crippen molar-refractivity contribution in [2.24, 2.45) is 5.73 Å². The van der Waals surface area contributed by atoms with Crippen LogP contribution in [0.4, 0.5) is 10.5 Å². The molecule has 3 aromatic carbocycles. The van der Waals surface area contributed by atoms with E-state index in [2.05, 4.69) is 10.6 Å². The van der Waals surface area contributed by atoms with E-state index in [1.54, 1.807) is 52.0 Å². The molecule has 41 heavy (non-hydrogen) atoms. The fourth-order valence-electron chi connectivity index (χ4n) is 4.70. The molecule has 10 heteroatoms. The quantitative estimate of drug-likeness (QED) is 0.306. The van der Waals surface area contributed by atoms with Crippen molar-refractivity contribution >= 4 is 40.3 Å². The van der Waals surface area contributed by atoms with Crippen LogP contribution in [0.3, 0.4) is 0 Å². The number of aromatic hydroxyl groups is 1. The van der Waals surface area contributed by atoms with E-state index in [1.165, 1.54) is 4.90 Å². The Hall–Kier alpha value is -4.60. The Balaban J connectivity index is 1.73. The van der Waals surface area contributed by atoms with Crippen molar-refractivity contribution in [2.45, 2.75) is 70.7 Å². The topological polar surface area (TPSA) is 151 Å². The molecule has 4 rings (SSSR count). The van der Waals surface area contributed by atoms with E-state index in [0.717, 1.165) is 10.8 Å². The number of benzene rings is 3. The lowest BCUT2D eigenvalue weighted by Crippen LogP contribution is -2.54. The first-order valence-electron chi connectivity index (χ1n) is 13.5. The van der Waals surface area contributed by atoms with Gasteiger partial charge in [0.25, 0.3) is 5.91 Å². The molecule has 0 spiro atoms. The Morgan fingerprint density at radius 3 is 2.34 bits per heavy atom. The summed E-state index contributed by atoms with van der Waals surface area (Å²) < 4.78 is 5.31. The number of nitrogens with zero attached hydrogens (tertiary/aromatic N) is 1. The first kappa shape index (κ1) is 29.4. The number of phenolic OH excluding ortho intramolecular Hbond substituents is 1. The molecule has 1 aliphatic rings. The number of nitrogens with two attached hydrogens (primary N) is 1. The van der Waals surface area contributed by atoms with E-state index in [4.69, 9.17) is 10.5 Å². The van der Waals surface area contributed by atoms with Crippen LogP contribution in [0.2, 0.25) is 0 Å². The number of nitrogens with one attached hydrogen (secondary N) is 2. The molecular formula is C31H36N4O6. The number of ether oxygens (including phenoxy) is 1. The third-order valence-electron chi connectivity index (χ3n) is 6.70. The van der Waals surface area contributed by atoms with E-state index in [1.807, 2.05) is 36.4 Å². The van der Waals surface area contributed by atoms with Gasteiger partial charge in [-0.1, -0.05) is 48.5 Å². The highest BCUT2D eigenvalue weighted by atomic mass is 16.6. The number of aryl methyl sites for hydroxylation is 1. The number of alkyl carbamates (subject to hydrolysis) is 1. The summed E-state index contributed by atoms with van der Waals surface area (Å²) in [6.45, 7) is 6.70. The van der Waals surface area contributed by atoms with Gasteiger partial charge in [0.2, 0.25) is 11.8 Å². The minimum absolute atomic E-state index is 0.129. The average Bonchev–Trinajstić information content (AvgIpc) is 3.72. The normalized spacial score (nSPS) is 14.5. The molecule has 0 aliphatic heterocycles. The van der Waals surface area contributed by atoms with E-state index in [9.17, 15) is 24.3 Å². The number of rotatable bonds is 9. The van der Waals surface area contributed by atoms with Gasteiger partial charge in [0.1, 0.15) is 23.4 Å². The number of anilines is 1. The molecule has 0 heterocycles. The first-order chi connectivity index (χ1) is 19.3. The van der Waals surface area contributed by atoms with E-state index < -0.39 is 47.9 Å². The van der Waals surface area contributed by atoms with Crippen LogP contribution in [0.1, 0.15) is 57.2 Å². The zero-order chi connectivity index (χ0) is 29.9. The second-order valence-electron chi connectivity index (χ2n) is 11.3. The molecule has 1 fully saturated rings. The fourth-order valence-corrected chi connectivity index (χ4v) is 4.70. The molecule has 0 bridgehead atoms. The number of carbonyl (C=O) groups excluding carboxylic acids is 4. The smallest absolute Gasteiger partial charge is 0.408 e. The van der Waals surface area contributed by atoms with Gasteiger partial charge in [-0.2, -0.15) is 0 Å². The maximum absolute atomic E-state index is 14.1. The maximum Gasteiger partial charge on any atom is 0.408 e. The summed E-state index contributed by atoms with van der Waals surface area (Å²) >= 11 is 0. The highest BCUT2D eigenvalue weighted by Crippen LogP contribution is 2.40. The van der Waals surface area contributed by atoms with Crippen molar-refractivity contribution in [2.75, 3.05) is 5.32 Å². The Morgan fingerprint density at radius 1 is 1.02 bits per heavy atom. The molecule has 216 valence electrons. The lowest BCUT2D eigenvalue weighted by atomic mass is 9.98. The lowest BCUT2D eigenvalue weighted by Gasteiger charge is -2.35. The van der Waals surface area contributed by atoms with Gasteiger partial charge in [-0.25, -0.2) is 4.79 Å². The third kappa shape index (κ3) is 7.33. The van der Waals surface area contributed by atoms with E-state index >= 15 is 0 Å². The summed E-state index contributed by atoms with van der Waals surface area (Å²) in [5, 5.41) is 18.3. The monoisotopic (exact) mass is 560 g/mol. The summed E-state index contributed by atoms with van der Waals surface area (Å²) in [7, 11) is 0. The predicted molar refractivity (Wildman–Crippen MR) is 155 cm³/mol. The first-order valence-corrected chi connectivity index (χ1v) is 13.5. The van der Waals surface area contributed by atoms with Crippen molar-refractivity contribution in [3.63, 3.8) is 0 Å². The van der Waals surface area contributed by atoms with Crippen LogP contribution >= 0.6 is 0 Å². The largest absolute Gasteiger partial charge is 0.507 e. The summed E-state index contributed by atoms with van der Waals surface area (Å²) in [6.07, 6.45) is -0.190. The third-order valence-corrected chi connectivity index (χ3v) is 6.70. The van der Waals surface area contributed by atoms with Crippen molar-refractivity contribution in [3.05, 3.63) is 71.8 Å². The molecule has 2 atom stereocenters. The summed E-state index contributed by atoms with van der Waals surface area (Å²) in [5.74, 6) is -2.19. The van der Waals surface area contributed by atoms with Crippen molar-refractivity contribution in [1.82, 2.24) is 10.2 Å². The van der Waals surface area contributed by atoms with Crippen LogP contribution in [0.5, 0.6) is 5.75 Å². The molecule has 5 N–H and O–H groups in total. The Kier molecular flexibility index (Phi) is 8.51. The van der Waals surface area contributed by atoms with Crippen LogP contribution in [-0.2, 0) is 19.1 Å². The lowest BCUT2D eigenvalue weighted by molar-refractivity contribution is -0.142. The number of phenols is 1. The van der Waals surface area contributed by atoms with Crippen LogP contribution in [0.15, 0.2) is 60.7 Å².